The van der Waals surface area contributed by atoms with Crippen LogP contribution in [-0.4, -0.2) is 57.0 Å². The van der Waals surface area contributed by atoms with Crippen molar-refractivity contribution in [2.24, 2.45) is 0 Å². The van der Waals surface area contributed by atoms with Crippen LogP contribution in [0.2, 0.25) is 0 Å². The zero-order valence-electron chi connectivity index (χ0n) is 16.4. The highest BCUT2D eigenvalue weighted by molar-refractivity contribution is 7.89. The number of sulfonamides is 1. The lowest BCUT2D eigenvalue weighted by Crippen LogP contribution is -2.40. The van der Waals surface area contributed by atoms with Crippen LogP contribution >= 0.6 is 0 Å². The number of nitrogens with one attached hydrogen (secondary N) is 1. The molecule has 0 spiro atoms. The van der Waals surface area contributed by atoms with Gasteiger partial charge < -0.3 is 14.8 Å². The monoisotopic (exact) mass is 427 g/mol. The fourth-order valence-electron chi connectivity index (χ4n) is 3.38. The molecule has 2 aromatic carbocycles. The van der Waals surface area contributed by atoms with E-state index in [1.165, 1.54) is 29.6 Å². The van der Waals surface area contributed by atoms with Crippen LogP contribution in [0, 0.1) is 0 Å². The molecule has 1 aromatic heterocycles. The highest BCUT2D eigenvalue weighted by atomic mass is 32.2. The zero-order valence-corrected chi connectivity index (χ0v) is 17.2. The van der Waals surface area contributed by atoms with Gasteiger partial charge >= 0.3 is 0 Å². The molecule has 1 aliphatic rings. The van der Waals surface area contributed by atoms with Gasteiger partial charge in [-0.1, -0.05) is 12.1 Å². The molecule has 0 atom stereocenters. The van der Waals surface area contributed by atoms with Gasteiger partial charge in [0.25, 0.3) is 5.91 Å². The summed E-state index contributed by atoms with van der Waals surface area (Å²) in [5.74, 6) is -0.175. The average molecular weight is 427 g/mol. The van der Waals surface area contributed by atoms with Crippen molar-refractivity contribution in [1.29, 1.82) is 0 Å². The number of morpholine rings is 1. The molecule has 9 heteroatoms. The molecule has 0 unspecified atom stereocenters. The molecule has 0 bridgehead atoms. The van der Waals surface area contributed by atoms with Crippen LogP contribution in [0.15, 0.2) is 59.8 Å². The standard InChI is InChI=1S/C21H21N3O5S/c1-28-20-6-5-16(30(26,27)24-9-11-29-12-10-24)13-18(20)21(25)23-19-4-2-3-15-14-22-8-7-17(15)19/h2-8,13-14H,9-12H2,1H3,(H,23,25). The van der Waals surface area contributed by atoms with Crippen LogP contribution in [0.5, 0.6) is 5.75 Å². The number of pyridine rings is 1. The lowest BCUT2D eigenvalue weighted by Gasteiger charge is -2.26. The summed E-state index contributed by atoms with van der Waals surface area (Å²) in [7, 11) is -2.30. The number of hydrogen-bond acceptors (Lipinski definition) is 6. The van der Waals surface area contributed by atoms with Gasteiger partial charge in [-0.25, -0.2) is 8.42 Å². The Hall–Kier alpha value is -3.01. The Kier molecular flexibility index (Phi) is 5.67. The Labute approximate surface area is 174 Å². The molecule has 30 heavy (non-hydrogen) atoms. The van der Waals surface area contributed by atoms with Gasteiger partial charge in [0.2, 0.25) is 10.0 Å². The first-order chi connectivity index (χ1) is 14.5. The minimum Gasteiger partial charge on any atom is -0.496 e. The van der Waals surface area contributed by atoms with Crippen molar-refractivity contribution < 1.29 is 22.7 Å². The Morgan fingerprint density at radius 2 is 1.97 bits per heavy atom. The summed E-state index contributed by atoms with van der Waals surface area (Å²) in [6.07, 6.45) is 3.36. The molecule has 0 radical (unpaired) electrons. The maximum atomic E-state index is 13.1. The van der Waals surface area contributed by atoms with Crippen molar-refractivity contribution in [2.45, 2.75) is 4.90 Å². The van der Waals surface area contributed by atoms with E-state index in [9.17, 15) is 13.2 Å². The van der Waals surface area contributed by atoms with Crippen LogP contribution in [-0.2, 0) is 14.8 Å². The number of methoxy groups -OCH3 is 1. The van der Waals surface area contributed by atoms with Crippen molar-refractivity contribution in [3.63, 3.8) is 0 Å². The summed E-state index contributed by atoms with van der Waals surface area (Å²) in [5.41, 5.74) is 0.737. The molecule has 1 fully saturated rings. The van der Waals surface area contributed by atoms with Crippen LogP contribution in [0.25, 0.3) is 10.8 Å². The Balaban J connectivity index is 1.69. The van der Waals surface area contributed by atoms with E-state index in [0.717, 1.165) is 10.8 Å². The van der Waals surface area contributed by atoms with Crippen LogP contribution in [0.1, 0.15) is 10.4 Å². The summed E-state index contributed by atoms with van der Waals surface area (Å²) in [6.45, 7) is 1.25. The number of nitrogens with zero attached hydrogens (tertiary/aromatic N) is 2. The highest BCUT2D eigenvalue weighted by Gasteiger charge is 2.28. The number of rotatable bonds is 5. The number of aromatic nitrogens is 1. The molecule has 2 heterocycles. The normalized spacial score (nSPS) is 15.1. The van der Waals surface area contributed by atoms with Gasteiger partial charge in [0.1, 0.15) is 5.75 Å². The highest BCUT2D eigenvalue weighted by Crippen LogP contribution is 2.28. The Morgan fingerprint density at radius 3 is 2.73 bits per heavy atom. The maximum absolute atomic E-state index is 13.1. The third-order valence-corrected chi connectivity index (χ3v) is 6.85. The second-order valence-corrected chi connectivity index (χ2v) is 8.67. The van der Waals surface area contributed by atoms with Crippen molar-refractivity contribution >= 4 is 32.4 Å². The lowest BCUT2D eigenvalue weighted by atomic mass is 10.1. The largest absolute Gasteiger partial charge is 0.496 e. The topological polar surface area (TPSA) is 97.8 Å². The minimum atomic E-state index is -3.74. The van der Waals surface area contributed by atoms with E-state index in [1.807, 2.05) is 18.2 Å². The molecule has 0 aliphatic carbocycles. The van der Waals surface area contributed by atoms with E-state index in [1.54, 1.807) is 18.5 Å². The van der Waals surface area contributed by atoms with Gasteiger partial charge in [-0.05, 0) is 30.3 Å². The van der Waals surface area contributed by atoms with Gasteiger partial charge in [-0.3, -0.25) is 9.78 Å². The van der Waals surface area contributed by atoms with Crippen molar-refractivity contribution in [2.75, 3.05) is 38.7 Å². The number of fused-ring (bicyclic) bond motifs is 1. The molecule has 1 aliphatic heterocycles. The Morgan fingerprint density at radius 1 is 1.17 bits per heavy atom. The zero-order chi connectivity index (χ0) is 21.1. The van der Waals surface area contributed by atoms with E-state index >= 15 is 0 Å². The predicted molar refractivity (Wildman–Crippen MR) is 112 cm³/mol. The molecule has 3 aromatic rings. The molecule has 156 valence electrons. The molecular weight excluding hydrogens is 406 g/mol. The Bertz CT molecular complexity index is 1180. The van der Waals surface area contributed by atoms with Gasteiger partial charge in [0, 0.05) is 41.9 Å². The molecule has 0 saturated carbocycles. The molecule has 8 nitrogen and oxygen atoms in total. The van der Waals surface area contributed by atoms with Gasteiger partial charge in [-0.2, -0.15) is 4.31 Å². The summed E-state index contributed by atoms with van der Waals surface area (Å²) in [6, 6.07) is 11.6. The van der Waals surface area contributed by atoms with Crippen molar-refractivity contribution in [3.05, 3.63) is 60.4 Å². The predicted octanol–water partition coefficient (Wildman–Crippen LogP) is 2.52. The maximum Gasteiger partial charge on any atom is 0.259 e. The number of amides is 1. The fourth-order valence-corrected chi connectivity index (χ4v) is 4.82. The third kappa shape index (κ3) is 3.87. The van der Waals surface area contributed by atoms with Crippen LogP contribution in [0.3, 0.4) is 0 Å². The van der Waals surface area contributed by atoms with E-state index < -0.39 is 15.9 Å². The first-order valence-electron chi connectivity index (χ1n) is 9.41. The third-order valence-electron chi connectivity index (χ3n) is 4.95. The first-order valence-corrected chi connectivity index (χ1v) is 10.8. The SMILES string of the molecule is COc1ccc(S(=O)(=O)N2CCOCC2)cc1C(=O)Nc1cccc2cnccc12. The summed E-state index contributed by atoms with van der Waals surface area (Å²) >= 11 is 0. The molecule has 1 N–H and O–H groups in total. The summed E-state index contributed by atoms with van der Waals surface area (Å²) < 4.78 is 37.9. The van der Waals surface area contributed by atoms with Gasteiger partial charge in [0.15, 0.2) is 0 Å². The number of ether oxygens (including phenoxy) is 2. The van der Waals surface area contributed by atoms with E-state index in [-0.39, 0.29) is 29.3 Å². The van der Waals surface area contributed by atoms with Gasteiger partial charge in [0.05, 0.1) is 30.8 Å². The minimum absolute atomic E-state index is 0.0393. The second-order valence-electron chi connectivity index (χ2n) is 6.74. The van der Waals surface area contributed by atoms with Crippen LogP contribution < -0.4 is 10.1 Å². The number of benzene rings is 2. The van der Waals surface area contributed by atoms with Crippen LogP contribution in [0.4, 0.5) is 5.69 Å². The van der Waals surface area contributed by atoms with Crippen molar-refractivity contribution in [1.82, 2.24) is 9.29 Å². The summed E-state index contributed by atoms with van der Waals surface area (Å²) in [4.78, 5) is 17.2. The molecule has 1 amide bonds. The van der Waals surface area contributed by atoms with Crippen molar-refractivity contribution in [3.8, 4) is 5.75 Å². The van der Waals surface area contributed by atoms with E-state index in [2.05, 4.69) is 10.3 Å². The molecular formula is C21H21N3O5S. The summed E-state index contributed by atoms with van der Waals surface area (Å²) in [5, 5.41) is 4.57. The van der Waals surface area contributed by atoms with E-state index in [0.29, 0.717) is 18.9 Å². The molecule has 1 saturated heterocycles. The number of anilines is 1. The first kappa shape index (κ1) is 20.3. The van der Waals surface area contributed by atoms with Gasteiger partial charge in [-0.15, -0.1) is 0 Å². The number of carbonyl (C=O) groups is 1. The quantitative estimate of drug-likeness (QED) is 0.672. The fraction of sp³-hybridized carbons (Fsp3) is 0.238. The second kappa shape index (κ2) is 8.39. The average Bonchev–Trinajstić information content (AvgIpc) is 2.79. The molecule has 4 rings (SSSR count). The number of carbonyl (C=O) groups excluding carboxylic acids is 1. The smallest absolute Gasteiger partial charge is 0.259 e. The lowest BCUT2D eigenvalue weighted by molar-refractivity contribution is 0.0730. The number of hydrogen-bond donors (Lipinski definition) is 1. The van der Waals surface area contributed by atoms with E-state index in [4.69, 9.17) is 9.47 Å².